The molecule has 0 bridgehead atoms. The van der Waals surface area contributed by atoms with Crippen molar-refractivity contribution in [1.29, 1.82) is 5.41 Å². The number of pyridine rings is 1. The molecule has 9 nitrogen and oxygen atoms in total. The maximum Gasteiger partial charge on any atom is 0.496 e. The maximum absolute atomic E-state index is 15.2. The van der Waals surface area contributed by atoms with Crippen LogP contribution < -0.4 is 15.5 Å². The number of ether oxygens (including phenoxy) is 1. The molecule has 0 saturated carbocycles. The van der Waals surface area contributed by atoms with Crippen molar-refractivity contribution >= 4 is 46.6 Å². The van der Waals surface area contributed by atoms with Crippen LogP contribution in [0.25, 0.3) is 0 Å². The van der Waals surface area contributed by atoms with Crippen LogP contribution in [0, 0.1) is 17.0 Å². The SMILES string of the molecule is CC.CCCC(Nc1ncc(B2OC(C)(C)C(C)(C)O2)cc1C(=N)C(=O)c1ccc(F)c(NS(C)=O)c1F)OCC. The number of hydrogen-bond acceptors (Lipinski definition) is 8. The van der Waals surface area contributed by atoms with Crippen molar-refractivity contribution in [3.05, 3.63) is 47.2 Å². The lowest BCUT2D eigenvalue weighted by Gasteiger charge is -2.32. The second kappa shape index (κ2) is 14.4. The summed E-state index contributed by atoms with van der Waals surface area (Å²) in [5.74, 6) is -3.10. The summed E-state index contributed by atoms with van der Waals surface area (Å²) in [5.41, 5.74) is -2.63. The summed E-state index contributed by atoms with van der Waals surface area (Å²) in [6, 6.07) is 3.36. The van der Waals surface area contributed by atoms with Crippen molar-refractivity contribution < 1.29 is 31.8 Å². The lowest BCUT2D eigenvalue weighted by atomic mass is 9.79. The molecule has 3 N–H and O–H groups in total. The summed E-state index contributed by atoms with van der Waals surface area (Å²) in [6.07, 6.45) is 3.70. The Labute approximate surface area is 244 Å². The minimum absolute atomic E-state index is 0.0605. The highest BCUT2D eigenvalue weighted by atomic mass is 32.2. The molecule has 3 rings (SSSR count). The number of carbonyl (C=O) groups is 1. The molecular weight excluding hydrogens is 553 g/mol. The first-order chi connectivity index (χ1) is 19.2. The molecule has 226 valence electrons. The Morgan fingerprint density at radius 1 is 1.15 bits per heavy atom. The van der Waals surface area contributed by atoms with Crippen molar-refractivity contribution in [2.24, 2.45) is 0 Å². The van der Waals surface area contributed by atoms with E-state index in [-0.39, 0.29) is 11.4 Å². The molecule has 2 aromatic rings. The highest BCUT2D eigenvalue weighted by molar-refractivity contribution is 7.85. The third-order valence-corrected chi connectivity index (χ3v) is 7.22. The van der Waals surface area contributed by atoms with Crippen LogP contribution in [0.15, 0.2) is 24.4 Å². The van der Waals surface area contributed by atoms with Gasteiger partial charge in [0.15, 0.2) is 5.82 Å². The minimum atomic E-state index is -1.79. The van der Waals surface area contributed by atoms with E-state index in [1.807, 2.05) is 55.4 Å². The minimum Gasteiger partial charge on any atom is -0.399 e. The Morgan fingerprint density at radius 3 is 2.29 bits per heavy atom. The first-order valence-electron chi connectivity index (χ1n) is 13.7. The zero-order chi connectivity index (χ0) is 31.1. The van der Waals surface area contributed by atoms with Gasteiger partial charge in [0.2, 0.25) is 5.78 Å². The van der Waals surface area contributed by atoms with Gasteiger partial charge in [-0.05, 0) is 59.2 Å². The van der Waals surface area contributed by atoms with Gasteiger partial charge >= 0.3 is 7.12 Å². The highest BCUT2D eigenvalue weighted by Gasteiger charge is 2.52. The molecule has 2 unspecified atom stereocenters. The van der Waals surface area contributed by atoms with Gasteiger partial charge < -0.3 is 24.1 Å². The zero-order valence-electron chi connectivity index (χ0n) is 25.2. The van der Waals surface area contributed by atoms with E-state index in [4.69, 9.17) is 19.5 Å². The molecule has 1 fully saturated rings. The number of nitrogens with zero attached hydrogens (tertiary/aromatic N) is 1. The number of ketones is 1. The van der Waals surface area contributed by atoms with Gasteiger partial charge in [0.25, 0.3) is 0 Å². The predicted molar refractivity (Wildman–Crippen MR) is 160 cm³/mol. The zero-order valence-corrected chi connectivity index (χ0v) is 26.1. The molecule has 0 radical (unpaired) electrons. The predicted octanol–water partition coefficient (Wildman–Crippen LogP) is 5.22. The van der Waals surface area contributed by atoms with Gasteiger partial charge in [0, 0.05) is 30.1 Å². The molecule has 41 heavy (non-hydrogen) atoms. The number of rotatable bonds is 12. The van der Waals surface area contributed by atoms with E-state index in [9.17, 15) is 13.4 Å². The van der Waals surface area contributed by atoms with E-state index in [0.29, 0.717) is 18.5 Å². The Bertz CT molecular complexity index is 1260. The first-order valence-corrected chi connectivity index (χ1v) is 15.2. The van der Waals surface area contributed by atoms with E-state index in [0.717, 1.165) is 18.6 Å². The summed E-state index contributed by atoms with van der Waals surface area (Å²) < 4.78 is 61.1. The van der Waals surface area contributed by atoms with Crippen molar-refractivity contribution in [3.63, 3.8) is 0 Å². The van der Waals surface area contributed by atoms with Gasteiger partial charge in [-0.1, -0.05) is 27.2 Å². The number of hydrogen-bond donors (Lipinski definition) is 3. The molecule has 2 heterocycles. The van der Waals surface area contributed by atoms with Gasteiger partial charge in [-0.2, -0.15) is 0 Å². The molecule has 0 aliphatic carbocycles. The Kier molecular flexibility index (Phi) is 12.1. The van der Waals surface area contributed by atoms with E-state index in [2.05, 4.69) is 15.0 Å². The van der Waals surface area contributed by atoms with Gasteiger partial charge in [-0.25, -0.2) is 18.0 Å². The molecule has 1 aromatic heterocycles. The maximum atomic E-state index is 15.2. The number of halogens is 2. The number of nitrogens with one attached hydrogen (secondary N) is 3. The lowest BCUT2D eigenvalue weighted by Crippen LogP contribution is -2.41. The smallest absolute Gasteiger partial charge is 0.399 e. The highest BCUT2D eigenvalue weighted by Crippen LogP contribution is 2.36. The Morgan fingerprint density at radius 2 is 1.76 bits per heavy atom. The number of anilines is 2. The lowest BCUT2D eigenvalue weighted by molar-refractivity contribution is 0.00578. The average molecular weight is 595 g/mol. The molecule has 0 amide bonds. The molecule has 1 aromatic carbocycles. The van der Waals surface area contributed by atoms with Gasteiger partial charge in [-0.15, -0.1) is 0 Å². The van der Waals surface area contributed by atoms with E-state index < -0.39 is 69.9 Å². The molecule has 2 atom stereocenters. The fourth-order valence-corrected chi connectivity index (χ4v) is 4.40. The number of benzene rings is 1. The summed E-state index contributed by atoms with van der Waals surface area (Å²) in [6.45, 7) is 15.8. The Balaban J connectivity index is 0.00000287. The monoisotopic (exact) mass is 594 g/mol. The number of Topliss-reactive ketones (excluding diaryl/α,β-unsaturated/α-hetero) is 1. The van der Waals surface area contributed by atoms with Crippen molar-refractivity contribution in [2.45, 2.75) is 85.7 Å². The van der Waals surface area contributed by atoms with Gasteiger partial charge in [0.05, 0.1) is 16.8 Å². The molecule has 13 heteroatoms. The summed E-state index contributed by atoms with van der Waals surface area (Å²) in [7, 11) is -2.62. The van der Waals surface area contributed by atoms with Gasteiger partial charge in [0.1, 0.15) is 40.2 Å². The van der Waals surface area contributed by atoms with E-state index in [1.165, 1.54) is 18.5 Å². The van der Waals surface area contributed by atoms with Crippen LogP contribution in [0.1, 0.15) is 84.2 Å². The fourth-order valence-electron chi connectivity index (χ4n) is 3.93. The molecular formula is C28H41BF2N4O5S. The quantitative estimate of drug-likeness (QED) is 0.133. The average Bonchev–Trinajstić information content (AvgIpc) is 3.13. The van der Waals surface area contributed by atoms with Crippen LogP contribution in [0.2, 0.25) is 0 Å². The van der Waals surface area contributed by atoms with E-state index in [1.54, 1.807) is 0 Å². The topological polar surface area (TPSA) is 123 Å². The standard InChI is InChI=1S/C26H35BF2N4O5S.C2H6/c1-8-10-19(36-9-2)32-24-17(13-15(14-31-24)27-37-25(3,4)26(5,6)38-27)21(30)23(34)16-11-12-18(28)22(20(16)29)33-39(7)35;1-2/h11-14,19,30,33H,8-10H2,1-7H3,(H,31,32);1-2H3. The largest absolute Gasteiger partial charge is 0.496 e. The van der Waals surface area contributed by atoms with Crippen LogP contribution in [-0.4, -0.2) is 58.1 Å². The van der Waals surface area contributed by atoms with Crippen molar-refractivity contribution in [3.8, 4) is 0 Å². The van der Waals surface area contributed by atoms with Crippen molar-refractivity contribution in [2.75, 3.05) is 22.9 Å². The van der Waals surface area contributed by atoms with Crippen LogP contribution in [-0.2, 0) is 25.0 Å². The fraction of sp³-hybridized carbons (Fsp3) is 0.536. The summed E-state index contributed by atoms with van der Waals surface area (Å²) in [5, 5.41) is 11.9. The van der Waals surface area contributed by atoms with E-state index >= 15 is 4.39 Å². The van der Waals surface area contributed by atoms with Crippen molar-refractivity contribution in [1.82, 2.24) is 4.98 Å². The van der Waals surface area contributed by atoms with Crippen LogP contribution in [0.4, 0.5) is 20.3 Å². The number of aromatic nitrogens is 1. The second-order valence-electron chi connectivity index (χ2n) is 10.2. The Hall–Kier alpha value is -2.74. The molecule has 0 spiro atoms. The first kappa shape index (κ1) is 34.5. The third kappa shape index (κ3) is 7.97. The summed E-state index contributed by atoms with van der Waals surface area (Å²) in [4.78, 5) is 17.9. The second-order valence-corrected chi connectivity index (χ2v) is 11.3. The third-order valence-electron chi connectivity index (χ3n) is 6.73. The molecule has 1 aliphatic rings. The normalized spacial score (nSPS) is 16.8. The van der Waals surface area contributed by atoms with Crippen LogP contribution >= 0.6 is 0 Å². The number of carbonyl (C=O) groups excluding carboxylic acids is 1. The molecule has 1 saturated heterocycles. The van der Waals surface area contributed by atoms with Crippen LogP contribution in [0.5, 0.6) is 0 Å². The summed E-state index contributed by atoms with van der Waals surface area (Å²) >= 11 is 0. The van der Waals surface area contributed by atoms with Crippen LogP contribution in [0.3, 0.4) is 0 Å². The van der Waals surface area contributed by atoms with Gasteiger partial charge in [-0.3, -0.25) is 10.2 Å². The molecule has 1 aliphatic heterocycles.